The summed E-state index contributed by atoms with van der Waals surface area (Å²) in [6.07, 6.45) is 4.32. The summed E-state index contributed by atoms with van der Waals surface area (Å²) in [5.41, 5.74) is 3.78. The lowest BCUT2D eigenvalue weighted by Crippen LogP contribution is -2.55. The number of para-hydroxylation sites is 1. The summed E-state index contributed by atoms with van der Waals surface area (Å²) < 4.78 is 30.2. The Morgan fingerprint density at radius 3 is 2.34 bits per heavy atom. The number of methoxy groups -OCH3 is 1. The first-order valence-corrected chi connectivity index (χ1v) is 20.9. The Bertz CT molecular complexity index is 1960. The van der Waals surface area contributed by atoms with Crippen LogP contribution in [0.2, 0.25) is 0 Å². The Morgan fingerprint density at radius 1 is 1.00 bits per heavy atom. The maximum absolute atomic E-state index is 13.2. The van der Waals surface area contributed by atoms with E-state index in [-0.39, 0.29) is 12.0 Å². The summed E-state index contributed by atoms with van der Waals surface area (Å²) >= 11 is 0. The standard InChI is InChI=1S/C38H52N9O5P/c1-9-26-22-30(32(50-6)23-31(26)46-16-14-27(15-17-46)45-18-20-47(21-19-45)37(48)51-38(3,4)5)42-36-39-24-28(35-40-25(2)44-52-35)34(43-36)41-29-12-10-11-13-33(29)53(7,8)49/h10-13,22-24,27H,9,14-21H2,1-8H3,(H2,39,41,42,43). The number of amides is 1. The number of hydrogen-bond donors (Lipinski definition) is 2. The van der Waals surface area contributed by atoms with E-state index in [2.05, 4.69) is 54.6 Å². The van der Waals surface area contributed by atoms with Crippen molar-refractivity contribution >= 4 is 47.4 Å². The van der Waals surface area contributed by atoms with Crippen LogP contribution in [0.5, 0.6) is 5.75 Å². The van der Waals surface area contributed by atoms with Crippen LogP contribution < -0.4 is 25.6 Å². The molecule has 2 fully saturated rings. The minimum atomic E-state index is -2.61. The molecule has 0 radical (unpaired) electrons. The van der Waals surface area contributed by atoms with Crippen molar-refractivity contribution in [1.29, 1.82) is 0 Å². The van der Waals surface area contributed by atoms with Gasteiger partial charge in [0, 0.05) is 68.6 Å². The molecule has 0 spiro atoms. The number of nitrogens with one attached hydrogen (secondary N) is 2. The minimum Gasteiger partial charge on any atom is -0.494 e. The third-order valence-electron chi connectivity index (χ3n) is 9.60. The Kier molecular flexibility index (Phi) is 11.3. The van der Waals surface area contributed by atoms with Gasteiger partial charge in [-0.15, -0.1) is 0 Å². The number of anilines is 5. The van der Waals surface area contributed by atoms with Gasteiger partial charge >= 0.3 is 6.09 Å². The number of carbonyl (C=O) groups is 1. The minimum absolute atomic E-state index is 0.225. The summed E-state index contributed by atoms with van der Waals surface area (Å²) in [6.45, 7) is 18.0. The van der Waals surface area contributed by atoms with E-state index in [9.17, 15) is 9.36 Å². The number of nitrogens with zero attached hydrogens (tertiary/aromatic N) is 7. The Balaban J connectivity index is 1.18. The molecule has 2 aliphatic rings. The number of carbonyl (C=O) groups excluding carboxylic acids is 1. The molecule has 15 heteroatoms. The van der Waals surface area contributed by atoms with Crippen molar-refractivity contribution in [2.45, 2.75) is 65.5 Å². The molecule has 2 aromatic carbocycles. The number of aryl methyl sites for hydroxylation is 2. The van der Waals surface area contributed by atoms with Gasteiger partial charge in [-0.25, -0.2) is 9.78 Å². The number of aromatic nitrogens is 4. The van der Waals surface area contributed by atoms with Gasteiger partial charge in [-0.05, 0) is 84.0 Å². The summed E-state index contributed by atoms with van der Waals surface area (Å²) in [5.74, 6) is 2.19. The second-order valence-electron chi connectivity index (χ2n) is 15.0. The molecule has 4 heterocycles. The first-order valence-electron chi connectivity index (χ1n) is 18.3. The molecule has 6 rings (SSSR count). The topological polar surface area (TPSA) is 151 Å². The van der Waals surface area contributed by atoms with Crippen molar-refractivity contribution in [1.82, 2.24) is 29.9 Å². The van der Waals surface area contributed by atoms with E-state index in [0.717, 1.165) is 56.8 Å². The van der Waals surface area contributed by atoms with Gasteiger partial charge in [0.05, 0.1) is 18.5 Å². The Morgan fingerprint density at radius 2 is 1.72 bits per heavy atom. The predicted octanol–water partition coefficient (Wildman–Crippen LogP) is 6.66. The number of piperazine rings is 1. The van der Waals surface area contributed by atoms with Crippen LogP contribution in [0.4, 0.5) is 33.6 Å². The highest BCUT2D eigenvalue weighted by molar-refractivity contribution is 7.70. The molecule has 0 bridgehead atoms. The number of benzene rings is 2. The van der Waals surface area contributed by atoms with Gasteiger partial charge in [-0.1, -0.05) is 24.2 Å². The van der Waals surface area contributed by atoms with Crippen molar-refractivity contribution in [2.75, 3.05) is 75.2 Å². The molecule has 0 unspecified atom stereocenters. The van der Waals surface area contributed by atoms with Crippen LogP contribution in [0.3, 0.4) is 0 Å². The highest BCUT2D eigenvalue weighted by atomic mass is 31.2. The Labute approximate surface area is 312 Å². The largest absolute Gasteiger partial charge is 0.494 e. The van der Waals surface area contributed by atoms with Crippen molar-refractivity contribution in [3.8, 4) is 17.2 Å². The fourth-order valence-corrected chi connectivity index (χ4v) is 8.08. The molecule has 2 aromatic heterocycles. The van der Waals surface area contributed by atoms with Crippen LogP contribution in [-0.2, 0) is 15.7 Å². The third-order valence-corrected chi connectivity index (χ3v) is 11.1. The zero-order chi connectivity index (χ0) is 37.9. The second-order valence-corrected chi connectivity index (χ2v) is 18.2. The highest BCUT2D eigenvalue weighted by Gasteiger charge is 2.31. The monoisotopic (exact) mass is 745 g/mol. The van der Waals surface area contributed by atoms with Gasteiger partial charge in [0.2, 0.25) is 5.95 Å². The average molecular weight is 746 g/mol. The zero-order valence-electron chi connectivity index (χ0n) is 32.1. The van der Waals surface area contributed by atoms with Gasteiger partial charge in [-0.2, -0.15) is 9.97 Å². The van der Waals surface area contributed by atoms with Gasteiger partial charge < -0.3 is 39.0 Å². The van der Waals surface area contributed by atoms with Crippen LogP contribution in [0, 0.1) is 6.92 Å². The highest BCUT2D eigenvalue weighted by Crippen LogP contribution is 2.40. The van der Waals surface area contributed by atoms with Crippen LogP contribution in [0.15, 0.2) is 47.1 Å². The summed E-state index contributed by atoms with van der Waals surface area (Å²) in [5, 5.41) is 11.4. The molecular weight excluding hydrogens is 693 g/mol. The molecular formula is C38H52N9O5P. The van der Waals surface area contributed by atoms with Crippen molar-refractivity contribution in [2.24, 2.45) is 0 Å². The first-order chi connectivity index (χ1) is 25.2. The van der Waals surface area contributed by atoms with Gasteiger partial charge in [-0.3, -0.25) is 4.90 Å². The normalized spacial score (nSPS) is 16.1. The van der Waals surface area contributed by atoms with E-state index in [1.807, 2.05) is 49.9 Å². The van der Waals surface area contributed by atoms with Gasteiger partial charge in [0.25, 0.3) is 5.89 Å². The molecule has 2 N–H and O–H groups in total. The third kappa shape index (κ3) is 9.10. The lowest BCUT2D eigenvalue weighted by atomic mass is 9.99. The molecule has 4 aromatic rings. The SMILES string of the molecule is CCc1cc(Nc2ncc(-c3nc(C)no3)c(Nc3ccccc3P(C)(C)=O)n2)c(OC)cc1N1CCC(N2CCN(C(=O)OC(C)(C)C)CC2)CC1. The van der Waals surface area contributed by atoms with Crippen LogP contribution in [-0.4, -0.2) is 107 Å². The van der Waals surface area contributed by atoms with Crippen molar-refractivity contribution in [3.63, 3.8) is 0 Å². The molecule has 0 aliphatic carbocycles. The lowest BCUT2D eigenvalue weighted by Gasteiger charge is -2.43. The van der Waals surface area contributed by atoms with Gasteiger partial charge in [0.15, 0.2) is 5.82 Å². The predicted molar refractivity (Wildman–Crippen MR) is 209 cm³/mol. The number of ether oxygens (including phenoxy) is 2. The average Bonchev–Trinajstić information content (AvgIpc) is 3.56. The molecule has 2 aliphatic heterocycles. The van der Waals surface area contributed by atoms with Gasteiger partial charge in [0.1, 0.15) is 29.9 Å². The van der Waals surface area contributed by atoms with E-state index in [1.54, 1.807) is 33.6 Å². The first kappa shape index (κ1) is 38.1. The van der Waals surface area contributed by atoms with E-state index in [0.29, 0.717) is 59.0 Å². The lowest BCUT2D eigenvalue weighted by molar-refractivity contribution is 0.00901. The fraction of sp³-hybridized carbons (Fsp3) is 0.500. The summed E-state index contributed by atoms with van der Waals surface area (Å²) in [6, 6.07) is 12.2. The quantitative estimate of drug-likeness (QED) is 0.167. The second kappa shape index (κ2) is 15.7. The summed E-state index contributed by atoms with van der Waals surface area (Å²) in [7, 11) is -0.949. The number of piperidine rings is 1. The fourth-order valence-electron chi connectivity index (χ4n) is 6.92. The van der Waals surface area contributed by atoms with E-state index < -0.39 is 12.7 Å². The maximum Gasteiger partial charge on any atom is 0.410 e. The Hall–Kier alpha value is -4.68. The molecule has 0 atom stereocenters. The molecule has 1 amide bonds. The van der Waals surface area contributed by atoms with Crippen molar-refractivity contribution < 1.29 is 23.4 Å². The molecule has 14 nitrogen and oxygen atoms in total. The number of rotatable bonds is 10. The molecule has 0 saturated carbocycles. The summed E-state index contributed by atoms with van der Waals surface area (Å²) in [4.78, 5) is 33.2. The molecule has 284 valence electrons. The van der Waals surface area contributed by atoms with E-state index in [4.69, 9.17) is 19.0 Å². The van der Waals surface area contributed by atoms with E-state index >= 15 is 0 Å². The van der Waals surface area contributed by atoms with Crippen molar-refractivity contribution in [3.05, 3.63) is 54.0 Å². The van der Waals surface area contributed by atoms with E-state index in [1.165, 1.54) is 5.56 Å². The van der Waals surface area contributed by atoms with Crippen LogP contribution >= 0.6 is 7.14 Å². The van der Waals surface area contributed by atoms with Crippen LogP contribution in [0.1, 0.15) is 51.9 Å². The molecule has 2 saturated heterocycles. The smallest absolute Gasteiger partial charge is 0.410 e. The maximum atomic E-state index is 13.2. The zero-order valence-corrected chi connectivity index (χ0v) is 33.0. The number of hydrogen-bond acceptors (Lipinski definition) is 13. The molecule has 53 heavy (non-hydrogen) atoms. The van der Waals surface area contributed by atoms with Crippen LogP contribution in [0.25, 0.3) is 11.5 Å².